The van der Waals surface area contributed by atoms with E-state index in [-0.39, 0.29) is 11.7 Å². The van der Waals surface area contributed by atoms with Crippen LogP contribution in [0.5, 0.6) is 0 Å². The molecule has 14 heavy (non-hydrogen) atoms. The first-order valence-electron chi connectivity index (χ1n) is 4.94. The van der Waals surface area contributed by atoms with E-state index in [1.54, 1.807) is 0 Å². The SMILES string of the molecule is CC12CP(=O)(c3ccccc3)CC1O2. The van der Waals surface area contributed by atoms with Crippen LogP contribution in [0, 0.1) is 0 Å². The van der Waals surface area contributed by atoms with Crippen LogP contribution in [-0.4, -0.2) is 24.0 Å². The van der Waals surface area contributed by atoms with Crippen LogP contribution < -0.4 is 5.30 Å². The van der Waals surface area contributed by atoms with Crippen molar-refractivity contribution in [2.24, 2.45) is 0 Å². The number of hydrogen-bond acceptors (Lipinski definition) is 2. The van der Waals surface area contributed by atoms with E-state index in [2.05, 4.69) is 6.92 Å². The number of epoxide rings is 1. The molecule has 2 aliphatic heterocycles. The molecule has 3 rings (SSSR count). The molecule has 3 unspecified atom stereocenters. The van der Waals surface area contributed by atoms with Gasteiger partial charge in [0.2, 0.25) is 0 Å². The van der Waals surface area contributed by atoms with Gasteiger partial charge in [0.15, 0.2) is 0 Å². The zero-order chi connectivity index (χ0) is 9.81. The van der Waals surface area contributed by atoms with E-state index in [0.29, 0.717) is 0 Å². The van der Waals surface area contributed by atoms with Gasteiger partial charge in [0.25, 0.3) is 0 Å². The summed E-state index contributed by atoms with van der Waals surface area (Å²) in [5, 5.41) is 1.03. The van der Waals surface area contributed by atoms with Crippen molar-refractivity contribution >= 4 is 12.4 Å². The lowest BCUT2D eigenvalue weighted by Crippen LogP contribution is -2.13. The lowest BCUT2D eigenvalue weighted by atomic mass is 10.2. The summed E-state index contributed by atoms with van der Waals surface area (Å²) in [6.07, 6.45) is 1.73. The monoisotopic (exact) mass is 208 g/mol. The van der Waals surface area contributed by atoms with Gasteiger partial charge in [0, 0.05) is 17.6 Å². The van der Waals surface area contributed by atoms with Crippen molar-refractivity contribution in [2.45, 2.75) is 18.6 Å². The van der Waals surface area contributed by atoms with Crippen molar-refractivity contribution in [1.29, 1.82) is 0 Å². The maximum Gasteiger partial charge on any atom is 0.121 e. The van der Waals surface area contributed by atoms with E-state index in [4.69, 9.17) is 4.74 Å². The molecule has 2 heterocycles. The second-order valence-corrected chi connectivity index (χ2v) is 7.46. The van der Waals surface area contributed by atoms with Gasteiger partial charge in [-0.15, -0.1) is 0 Å². The summed E-state index contributed by atoms with van der Waals surface area (Å²) in [6.45, 7) is 2.07. The van der Waals surface area contributed by atoms with E-state index in [1.807, 2.05) is 30.3 Å². The van der Waals surface area contributed by atoms with E-state index < -0.39 is 7.14 Å². The fourth-order valence-corrected chi connectivity index (χ4v) is 5.92. The summed E-state index contributed by atoms with van der Waals surface area (Å²) in [7, 11) is -2.12. The van der Waals surface area contributed by atoms with E-state index in [0.717, 1.165) is 17.6 Å². The number of ether oxygens (including phenoxy) is 1. The molecule has 1 aromatic rings. The summed E-state index contributed by atoms with van der Waals surface area (Å²) in [4.78, 5) is 0. The van der Waals surface area contributed by atoms with Gasteiger partial charge in [-0.2, -0.15) is 0 Å². The molecular formula is C11H13O2P. The Balaban J connectivity index is 1.97. The highest BCUT2D eigenvalue weighted by atomic mass is 31.2. The molecule has 0 radical (unpaired) electrons. The second kappa shape index (κ2) is 2.50. The summed E-state index contributed by atoms with van der Waals surface area (Å²) < 4.78 is 18.1. The number of benzene rings is 1. The van der Waals surface area contributed by atoms with Crippen molar-refractivity contribution in [2.75, 3.05) is 12.3 Å². The van der Waals surface area contributed by atoms with Gasteiger partial charge in [-0.25, -0.2) is 0 Å². The van der Waals surface area contributed by atoms with Crippen molar-refractivity contribution in [3.05, 3.63) is 30.3 Å². The maximum atomic E-state index is 12.6. The zero-order valence-corrected chi connectivity index (χ0v) is 9.04. The highest BCUT2D eigenvalue weighted by Gasteiger charge is 2.63. The van der Waals surface area contributed by atoms with Gasteiger partial charge < -0.3 is 9.30 Å². The molecule has 0 spiro atoms. The smallest absolute Gasteiger partial charge is 0.121 e. The van der Waals surface area contributed by atoms with Crippen molar-refractivity contribution in [3.8, 4) is 0 Å². The van der Waals surface area contributed by atoms with E-state index >= 15 is 0 Å². The summed E-state index contributed by atoms with van der Waals surface area (Å²) in [5.41, 5.74) is -0.0641. The highest BCUT2D eigenvalue weighted by Crippen LogP contribution is 2.63. The van der Waals surface area contributed by atoms with Crippen molar-refractivity contribution in [1.82, 2.24) is 0 Å². The third kappa shape index (κ3) is 1.11. The highest BCUT2D eigenvalue weighted by molar-refractivity contribution is 7.72. The molecule has 2 aliphatic rings. The Morgan fingerprint density at radius 1 is 1.43 bits per heavy atom. The molecule has 2 saturated heterocycles. The van der Waals surface area contributed by atoms with Crippen LogP contribution in [0.1, 0.15) is 6.92 Å². The number of rotatable bonds is 1. The lowest BCUT2D eigenvalue weighted by Gasteiger charge is -2.14. The summed E-state index contributed by atoms with van der Waals surface area (Å²) in [6, 6.07) is 9.85. The average Bonchev–Trinajstić information content (AvgIpc) is 2.68. The minimum absolute atomic E-state index is 0.0641. The molecule has 0 amide bonds. The molecule has 0 aromatic heterocycles. The average molecular weight is 208 g/mol. The Morgan fingerprint density at radius 3 is 2.71 bits per heavy atom. The van der Waals surface area contributed by atoms with Crippen molar-refractivity contribution < 1.29 is 9.30 Å². The van der Waals surface area contributed by atoms with E-state index in [9.17, 15) is 4.57 Å². The van der Waals surface area contributed by atoms with Crippen molar-refractivity contribution in [3.63, 3.8) is 0 Å². The Bertz CT molecular complexity index is 415. The number of hydrogen-bond donors (Lipinski definition) is 0. The van der Waals surface area contributed by atoms with Gasteiger partial charge in [0.1, 0.15) is 7.14 Å². The molecule has 0 saturated carbocycles. The molecule has 3 heteroatoms. The van der Waals surface area contributed by atoms with E-state index in [1.165, 1.54) is 0 Å². The second-order valence-electron chi connectivity index (χ2n) is 4.48. The minimum atomic E-state index is -2.12. The molecule has 0 bridgehead atoms. The Morgan fingerprint density at radius 2 is 2.14 bits per heavy atom. The molecule has 2 nitrogen and oxygen atoms in total. The van der Waals surface area contributed by atoms with Gasteiger partial charge >= 0.3 is 0 Å². The van der Waals surface area contributed by atoms with Gasteiger partial charge in [-0.05, 0) is 6.92 Å². The van der Waals surface area contributed by atoms with Crippen LogP contribution in [0.25, 0.3) is 0 Å². The van der Waals surface area contributed by atoms with Crippen LogP contribution in [0.2, 0.25) is 0 Å². The fraction of sp³-hybridized carbons (Fsp3) is 0.455. The maximum absolute atomic E-state index is 12.6. The predicted molar refractivity (Wildman–Crippen MR) is 56.7 cm³/mol. The van der Waals surface area contributed by atoms with Crippen LogP contribution in [0.4, 0.5) is 0 Å². The minimum Gasteiger partial charge on any atom is -0.365 e. The van der Waals surface area contributed by atoms with Gasteiger partial charge in [0.05, 0.1) is 11.7 Å². The summed E-state index contributed by atoms with van der Waals surface area (Å²) >= 11 is 0. The predicted octanol–water partition coefficient (Wildman–Crippen LogP) is 1.85. The van der Waals surface area contributed by atoms with Gasteiger partial charge in [-0.1, -0.05) is 30.3 Å². The standard InChI is InChI=1S/C11H13O2P/c1-11-8-14(12,7-10(11)13-11)9-5-3-2-4-6-9/h2-6,10H,7-8H2,1H3. The quantitative estimate of drug-likeness (QED) is 0.520. The van der Waals surface area contributed by atoms with Crippen LogP contribution >= 0.6 is 7.14 Å². The first-order valence-corrected chi connectivity index (χ1v) is 7.02. The Labute approximate surface area is 83.6 Å². The molecule has 0 aliphatic carbocycles. The largest absolute Gasteiger partial charge is 0.365 e. The van der Waals surface area contributed by atoms with Crippen LogP contribution in [-0.2, 0) is 9.30 Å². The first kappa shape index (κ1) is 8.70. The zero-order valence-electron chi connectivity index (χ0n) is 8.14. The topological polar surface area (TPSA) is 29.6 Å². The first-order chi connectivity index (χ1) is 6.62. The van der Waals surface area contributed by atoms with Crippen LogP contribution in [0.15, 0.2) is 30.3 Å². The fourth-order valence-electron chi connectivity index (χ4n) is 2.40. The molecule has 74 valence electrons. The number of fused-ring (bicyclic) bond motifs is 1. The summed E-state index contributed by atoms with van der Waals surface area (Å²) in [5.74, 6) is 0. The molecule has 3 atom stereocenters. The van der Waals surface area contributed by atoms with Crippen LogP contribution in [0.3, 0.4) is 0 Å². The third-order valence-corrected chi connectivity index (χ3v) is 6.59. The van der Waals surface area contributed by atoms with Gasteiger partial charge in [-0.3, -0.25) is 0 Å². The normalized spacial score (nSPS) is 44.8. The molecule has 1 aromatic carbocycles. The lowest BCUT2D eigenvalue weighted by molar-refractivity contribution is 0.322. The Kier molecular flexibility index (Phi) is 1.55. The third-order valence-electron chi connectivity index (χ3n) is 3.29. The molecular weight excluding hydrogens is 195 g/mol. The molecule has 2 fully saturated rings. The Hall–Kier alpha value is -0.590. The molecule has 0 N–H and O–H groups in total.